The first kappa shape index (κ1) is 20.8. The number of nitrogens with zero attached hydrogens (tertiary/aromatic N) is 3. The Morgan fingerprint density at radius 1 is 0.909 bits per heavy atom. The molecule has 0 amide bonds. The first-order valence-electron chi connectivity index (χ1n) is 10.6. The summed E-state index contributed by atoms with van der Waals surface area (Å²) in [6, 6.07) is 13.4. The number of pyridine rings is 2. The molecule has 166 valence electrons. The maximum atomic E-state index is 13.0. The summed E-state index contributed by atoms with van der Waals surface area (Å²) in [4.78, 5) is 30.5. The van der Waals surface area contributed by atoms with Gasteiger partial charge in [-0.2, -0.15) is 0 Å². The van der Waals surface area contributed by atoms with Crippen LogP contribution in [0.1, 0.15) is 5.69 Å². The van der Waals surface area contributed by atoms with Crippen LogP contribution in [0, 0.1) is 0 Å². The van der Waals surface area contributed by atoms with Crippen molar-refractivity contribution in [1.82, 2.24) is 19.0 Å². The van der Waals surface area contributed by atoms with Crippen molar-refractivity contribution in [2.24, 2.45) is 14.1 Å². The standard InChI is InChI=1S/C26H24N4O3/c1-28-10-9-17(11-23(28)31)22-12-19-21(15-30(3)26(33)25(19)27-22)18-13-24(32)29(2)14-20(18)16-7-5-4-6-8-16/h4-15,23,27,31H,1-3H3. The highest BCUT2D eigenvalue weighted by molar-refractivity contribution is 6.00. The molecule has 1 aromatic carbocycles. The molecule has 0 spiro atoms. The summed E-state index contributed by atoms with van der Waals surface area (Å²) in [6.07, 6.45) is 8.25. The fourth-order valence-corrected chi connectivity index (χ4v) is 4.20. The van der Waals surface area contributed by atoms with Crippen LogP contribution in [0.15, 0.2) is 82.8 Å². The molecule has 1 atom stereocenters. The van der Waals surface area contributed by atoms with Crippen molar-refractivity contribution >= 4 is 16.5 Å². The molecule has 1 unspecified atom stereocenters. The van der Waals surface area contributed by atoms with E-state index in [1.54, 1.807) is 55.1 Å². The zero-order valence-corrected chi connectivity index (χ0v) is 18.6. The summed E-state index contributed by atoms with van der Waals surface area (Å²) in [7, 11) is 5.22. The number of nitrogens with one attached hydrogen (secondary N) is 1. The molecular formula is C26H24N4O3. The number of fused-ring (bicyclic) bond motifs is 1. The van der Waals surface area contributed by atoms with Gasteiger partial charge in [-0.3, -0.25) is 9.59 Å². The molecule has 1 aliphatic heterocycles. The van der Waals surface area contributed by atoms with Crippen LogP contribution in [0.25, 0.3) is 38.7 Å². The van der Waals surface area contributed by atoms with Crippen molar-refractivity contribution in [2.75, 3.05) is 7.05 Å². The topological polar surface area (TPSA) is 83.3 Å². The van der Waals surface area contributed by atoms with Crippen LogP contribution in [0.5, 0.6) is 0 Å². The number of aliphatic hydroxyl groups is 1. The summed E-state index contributed by atoms with van der Waals surface area (Å²) in [5.74, 6) is 0. The van der Waals surface area contributed by atoms with Crippen molar-refractivity contribution in [3.63, 3.8) is 0 Å². The van der Waals surface area contributed by atoms with E-state index in [0.717, 1.165) is 38.9 Å². The predicted molar refractivity (Wildman–Crippen MR) is 131 cm³/mol. The van der Waals surface area contributed by atoms with Crippen LogP contribution < -0.4 is 11.1 Å². The Morgan fingerprint density at radius 3 is 2.36 bits per heavy atom. The van der Waals surface area contributed by atoms with Crippen LogP contribution in [-0.2, 0) is 14.1 Å². The third-order valence-electron chi connectivity index (χ3n) is 6.11. The molecule has 7 heteroatoms. The molecule has 0 radical (unpaired) electrons. The van der Waals surface area contributed by atoms with Gasteiger partial charge >= 0.3 is 0 Å². The lowest BCUT2D eigenvalue weighted by atomic mass is 9.95. The quantitative estimate of drug-likeness (QED) is 0.513. The minimum absolute atomic E-state index is 0.133. The third kappa shape index (κ3) is 3.52. The average Bonchev–Trinajstić information content (AvgIpc) is 3.26. The number of aliphatic hydroxyl groups excluding tert-OH is 1. The van der Waals surface area contributed by atoms with Crippen molar-refractivity contribution in [1.29, 1.82) is 0 Å². The van der Waals surface area contributed by atoms with Gasteiger partial charge in [-0.1, -0.05) is 30.3 Å². The zero-order chi connectivity index (χ0) is 23.3. The molecule has 0 fully saturated rings. The largest absolute Gasteiger partial charge is 0.370 e. The van der Waals surface area contributed by atoms with Gasteiger partial charge in [0, 0.05) is 68.0 Å². The van der Waals surface area contributed by atoms with Gasteiger partial charge < -0.3 is 24.1 Å². The van der Waals surface area contributed by atoms with Crippen molar-refractivity contribution < 1.29 is 5.11 Å². The van der Waals surface area contributed by atoms with Gasteiger partial charge in [0.1, 0.15) is 11.7 Å². The van der Waals surface area contributed by atoms with Gasteiger partial charge in [0.2, 0.25) is 0 Å². The van der Waals surface area contributed by atoms with Crippen molar-refractivity contribution in [3.05, 3.63) is 99.6 Å². The van der Waals surface area contributed by atoms with Gasteiger partial charge in [0.15, 0.2) is 0 Å². The van der Waals surface area contributed by atoms with Crippen LogP contribution in [0.2, 0.25) is 0 Å². The van der Waals surface area contributed by atoms with Crippen LogP contribution in [0.4, 0.5) is 0 Å². The Morgan fingerprint density at radius 2 is 1.64 bits per heavy atom. The monoisotopic (exact) mass is 440 g/mol. The first-order valence-corrected chi connectivity index (χ1v) is 10.6. The molecule has 4 heterocycles. The molecule has 2 N–H and O–H groups in total. The fourth-order valence-electron chi connectivity index (χ4n) is 4.20. The number of aryl methyl sites for hydroxylation is 2. The van der Waals surface area contributed by atoms with Gasteiger partial charge in [-0.15, -0.1) is 0 Å². The Kier molecular flexibility index (Phi) is 4.91. The minimum Gasteiger partial charge on any atom is -0.370 e. The minimum atomic E-state index is -0.749. The third-order valence-corrected chi connectivity index (χ3v) is 6.11. The first-order chi connectivity index (χ1) is 15.8. The molecule has 33 heavy (non-hydrogen) atoms. The van der Waals surface area contributed by atoms with Gasteiger partial charge in [0.25, 0.3) is 11.1 Å². The highest BCUT2D eigenvalue weighted by Gasteiger charge is 2.19. The van der Waals surface area contributed by atoms with Crippen molar-refractivity contribution in [2.45, 2.75) is 6.23 Å². The number of allylic oxidation sites excluding steroid dienone is 2. The van der Waals surface area contributed by atoms with E-state index in [0.29, 0.717) is 5.52 Å². The Labute approximate surface area is 190 Å². The van der Waals surface area contributed by atoms with E-state index in [1.165, 1.54) is 4.57 Å². The van der Waals surface area contributed by atoms with E-state index in [9.17, 15) is 14.7 Å². The van der Waals surface area contributed by atoms with Crippen molar-refractivity contribution in [3.8, 4) is 22.3 Å². The molecule has 1 aliphatic rings. The van der Waals surface area contributed by atoms with E-state index in [4.69, 9.17) is 0 Å². The zero-order valence-electron chi connectivity index (χ0n) is 18.6. The lowest BCUT2D eigenvalue weighted by Gasteiger charge is -2.23. The summed E-state index contributed by atoms with van der Waals surface area (Å²) in [5, 5.41) is 10.9. The lowest BCUT2D eigenvalue weighted by Crippen LogP contribution is -2.26. The number of aromatic amines is 1. The summed E-state index contributed by atoms with van der Waals surface area (Å²) >= 11 is 0. The van der Waals surface area contributed by atoms with E-state index in [2.05, 4.69) is 4.98 Å². The number of hydrogen-bond donors (Lipinski definition) is 2. The Bertz CT molecular complexity index is 1550. The summed E-state index contributed by atoms with van der Waals surface area (Å²) in [6.45, 7) is 0. The number of rotatable bonds is 3. The number of hydrogen-bond acceptors (Lipinski definition) is 4. The van der Waals surface area contributed by atoms with Crippen LogP contribution >= 0.6 is 0 Å². The fraction of sp³-hybridized carbons (Fsp3) is 0.154. The number of H-pyrrole nitrogens is 1. The second kappa shape index (κ2) is 7.79. The smallest absolute Gasteiger partial charge is 0.274 e. The Balaban J connectivity index is 1.79. The summed E-state index contributed by atoms with van der Waals surface area (Å²) < 4.78 is 3.08. The van der Waals surface area contributed by atoms with E-state index >= 15 is 0 Å². The van der Waals surface area contributed by atoms with Crippen LogP contribution in [0.3, 0.4) is 0 Å². The molecule has 0 aliphatic carbocycles. The molecule has 4 aromatic rings. The number of aromatic nitrogens is 3. The van der Waals surface area contributed by atoms with Gasteiger partial charge in [-0.05, 0) is 34.9 Å². The summed E-state index contributed by atoms with van der Waals surface area (Å²) in [5.41, 5.74) is 5.08. The SMILES string of the molecule is CN1C=CC(c2cc3c(-c4cc(=O)n(C)cc4-c4ccccc4)cn(C)c(=O)c3[nH]2)=CC1O. The molecular weight excluding hydrogens is 416 g/mol. The Hall–Kier alpha value is -4.10. The molecule has 0 bridgehead atoms. The molecule has 7 nitrogen and oxygen atoms in total. The molecule has 0 saturated heterocycles. The van der Waals surface area contributed by atoms with Gasteiger partial charge in [0.05, 0.1) is 0 Å². The number of benzene rings is 1. The van der Waals surface area contributed by atoms with E-state index in [-0.39, 0.29) is 11.1 Å². The maximum absolute atomic E-state index is 13.0. The molecule has 3 aromatic heterocycles. The highest BCUT2D eigenvalue weighted by Crippen LogP contribution is 2.35. The maximum Gasteiger partial charge on any atom is 0.274 e. The average molecular weight is 441 g/mol. The second-order valence-corrected chi connectivity index (χ2v) is 8.36. The molecule has 0 saturated carbocycles. The second-order valence-electron chi connectivity index (χ2n) is 8.36. The highest BCUT2D eigenvalue weighted by atomic mass is 16.3. The van der Waals surface area contributed by atoms with E-state index in [1.807, 2.05) is 48.7 Å². The lowest BCUT2D eigenvalue weighted by molar-refractivity contribution is 0.0980. The predicted octanol–water partition coefficient (Wildman–Crippen LogP) is 3.06. The van der Waals surface area contributed by atoms with Gasteiger partial charge in [-0.25, -0.2) is 0 Å². The number of likely N-dealkylation sites (N-methyl/N-ethyl adjacent to an activating group) is 1. The van der Waals surface area contributed by atoms with Crippen LogP contribution in [-0.4, -0.2) is 37.4 Å². The van der Waals surface area contributed by atoms with E-state index < -0.39 is 6.23 Å². The molecule has 5 rings (SSSR count). The normalized spacial score (nSPS) is 15.8.